The number of carbonyl (C=O) groups is 2. The molecular formula is C52H48Cl2F6N2O5. The molecule has 2 atom stereocenters. The molecule has 2 aromatic heterocycles. The van der Waals surface area contributed by atoms with Gasteiger partial charge in [-0.3, -0.25) is 9.59 Å². The summed E-state index contributed by atoms with van der Waals surface area (Å²) in [6.45, 7) is 4.09. The average molecular weight is 966 g/mol. The van der Waals surface area contributed by atoms with Crippen LogP contribution in [-0.2, 0) is 39.5 Å². The maximum atomic E-state index is 13.1. The van der Waals surface area contributed by atoms with Crippen molar-refractivity contribution in [1.29, 1.82) is 0 Å². The van der Waals surface area contributed by atoms with Crippen LogP contribution in [-0.4, -0.2) is 21.9 Å². The van der Waals surface area contributed by atoms with Crippen molar-refractivity contribution < 1.29 is 50.1 Å². The normalized spacial score (nSPS) is 12.6. The average Bonchev–Trinajstić information content (AvgIpc) is 3.31. The zero-order valence-electron chi connectivity index (χ0n) is 36.7. The van der Waals surface area contributed by atoms with Gasteiger partial charge in [0.2, 0.25) is 0 Å². The largest absolute Gasteiger partial charge is 0.484 e. The minimum absolute atomic E-state index is 0.0872. The zero-order chi connectivity index (χ0) is 48.1. The van der Waals surface area contributed by atoms with E-state index in [0.29, 0.717) is 79.4 Å². The fourth-order valence-corrected chi connectivity index (χ4v) is 7.70. The molecule has 0 radical (unpaired) electrons. The SMILES string of the molecule is CCCC[C@H](Oc1ccc(CCC(=O)OC(=O)CCc2ccc(O[C@@H](CCCC)c3cccc(-c4ccc(C(F)(F)F)cc4)n3)c(Cl)c2)c(Cl)c1)c1cccc(-c2ccc(C(F)(F)F)cc2)n1. The van der Waals surface area contributed by atoms with Crippen LogP contribution in [0.5, 0.6) is 11.5 Å². The van der Waals surface area contributed by atoms with Crippen molar-refractivity contribution in [2.75, 3.05) is 0 Å². The Morgan fingerprint density at radius 3 is 1.57 bits per heavy atom. The molecule has 7 nitrogen and oxygen atoms in total. The number of carbonyl (C=O) groups excluding carboxylic acids is 2. The van der Waals surface area contributed by atoms with Gasteiger partial charge in [0.25, 0.3) is 0 Å². The van der Waals surface area contributed by atoms with Gasteiger partial charge in [0, 0.05) is 16.1 Å². The van der Waals surface area contributed by atoms with Gasteiger partial charge < -0.3 is 14.2 Å². The van der Waals surface area contributed by atoms with Crippen molar-refractivity contribution in [2.24, 2.45) is 0 Å². The molecule has 2 heterocycles. The Balaban J connectivity index is 0.999. The number of aryl methyl sites for hydroxylation is 2. The third-order valence-corrected chi connectivity index (χ3v) is 11.5. The molecule has 352 valence electrons. The predicted molar refractivity (Wildman–Crippen MR) is 246 cm³/mol. The van der Waals surface area contributed by atoms with Gasteiger partial charge in [-0.25, -0.2) is 9.97 Å². The Hall–Kier alpha value is -5.92. The number of aromatic nitrogens is 2. The van der Waals surface area contributed by atoms with Crippen molar-refractivity contribution in [3.05, 3.63) is 165 Å². The lowest BCUT2D eigenvalue weighted by Crippen LogP contribution is -2.14. The van der Waals surface area contributed by atoms with Crippen LogP contribution in [0, 0.1) is 0 Å². The molecule has 67 heavy (non-hydrogen) atoms. The summed E-state index contributed by atoms with van der Waals surface area (Å²) in [5, 5.41) is 0.649. The highest BCUT2D eigenvalue weighted by atomic mass is 35.5. The first-order chi connectivity index (χ1) is 32.0. The smallest absolute Gasteiger partial charge is 0.416 e. The first-order valence-corrected chi connectivity index (χ1v) is 22.7. The van der Waals surface area contributed by atoms with Crippen LogP contribution in [0.25, 0.3) is 22.5 Å². The Kier molecular flexibility index (Phi) is 17.5. The van der Waals surface area contributed by atoms with Gasteiger partial charge in [-0.15, -0.1) is 0 Å². The van der Waals surface area contributed by atoms with Crippen molar-refractivity contribution in [3.8, 4) is 34.0 Å². The molecule has 0 aliphatic rings. The summed E-state index contributed by atoms with van der Waals surface area (Å²) in [4.78, 5) is 34.8. The Bertz CT molecular complexity index is 2610. The minimum Gasteiger partial charge on any atom is -0.484 e. The molecule has 6 aromatic rings. The molecule has 15 heteroatoms. The van der Waals surface area contributed by atoms with Crippen LogP contribution in [0.2, 0.25) is 10.0 Å². The number of pyridine rings is 2. The third kappa shape index (κ3) is 14.5. The number of halogens is 8. The summed E-state index contributed by atoms with van der Waals surface area (Å²) in [7, 11) is 0. The van der Waals surface area contributed by atoms with Gasteiger partial charge in [-0.1, -0.05) is 98.4 Å². The summed E-state index contributed by atoms with van der Waals surface area (Å²) in [6.07, 6.45) is -4.94. The van der Waals surface area contributed by atoms with E-state index in [1.165, 1.54) is 24.3 Å². The lowest BCUT2D eigenvalue weighted by atomic mass is 10.1. The summed E-state index contributed by atoms with van der Waals surface area (Å²) in [5.41, 5.74) is 3.16. The second-order valence-electron chi connectivity index (χ2n) is 15.9. The molecule has 0 N–H and O–H groups in total. The number of esters is 2. The number of ether oxygens (including phenoxy) is 3. The second kappa shape index (κ2) is 23.2. The number of alkyl halides is 6. The van der Waals surface area contributed by atoms with Crippen LogP contribution in [0.15, 0.2) is 121 Å². The van der Waals surface area contributed by atoms with E-state index in [9.17, 15) is 35.9 Å². The highest BCUT2D eigenvalue weighted by molar-refractivity contribution is 6.32. The number of unbranched alkanes of at least 4 members (excludes halogenated alkanes) is 2. The van der Waals surface area contributed by atoms with Crippen LogP contribution in [0.4, 0.5) is 26.3 Å². The van der Waals surface area contributed by atoms with Gasteiger partial charge >= 0.3 is 24.3 Å². The molecule has 0 saturated heterocycles. The Morgan fingerprint density at radius 2 is 1.09 bits per heavy atom. The number of nitrogens with zero attached hydrogens (tertiary/aromatic N) is 2. The van der Waals surface area contributed by atoms with Crippen LogP contribution in [0.1, 0.15) is 111 Å². The van der Waals surface area contributed by atoms with E-state index in [2.05, 4.69) is 0 Å². The van der Waals surface area contributed by atoms with Crippen LogP contribution in [0.3, 0.4) is 0 Å². The highest BCUT2D eigenvalue weighted by Crippen LogP contribution is 2.36. The molecule has 0 bridgehead atoms. The van der Waals surface area contributed by atoms with Crippen molar-refractivity contribution >= 4 is 35.1 Å². The molecular weight excluding hydrogens is 917 g/mol. The topological polar surface area (TPSA) is 87.6 Å². The van der Waals surface area contributed by atoms with E-state index >= 15 is 0 Å². The summed E-state index contributed by atoms with van der Waals surface area (Å²) in [6, 6.07) is 30.5. The van der Waals surface area contributed by atoms with Crippen molar-refractivity contribution in [3.63, 3.8) is 0 Å². The van der Waals surface area contributed by atoms with Crippen LogP contribution >= 0.6 is 23.2 Å². The summed E-state index contributed by atoms with van der Waals surface area (Å²) >= 11 is 13.3. The maximum Gasteiger partial charge on any atom is 0.416 e. The molecule has 0 aliphatic carbocycles. The molecule has 0 saturated carbocycles. The number of benzene rings is 4. The lowest BCUT2D eigenvalue weighted by molar-refractivity contribution is -0.159. The van der Waals surface area contributed by atoms with E-state index < -0.39 is 47.6 Å². The fraction of sp³-hybridized carbons (Fsp3) is 0.308. The molecule has 0 amide bonds. The zero-order valence-corrected chi connectivity index (χ0v) is 38.2. The fourth-order valence-electron chi connectivity index (χ4n) is 7.19. The number of hydrogen-bond donors (Lipinski definition) is 0. The monoisotopic (exact) mass is 964 g/mol. The molecule has 0 unspecified atom stereocenters. The molecule has 6 rings (SSSR count). The standard InChI is InChI=1S/C52H48Cl2F6N2O5/c1-3-5-13-47(44-11-7-9-42(61-44)35-17-23-37(24-18-35)51(55,56)57)65-39-27-21-34(40(53)32-39)22-30-50(64)67-49(63)29-16-33-15-28-46(41(54)31-33)66-48(14-6-4-2)45-12-8-10-43(62-45)36-19-25-38(26-20-36)52(58,59)60/h7-12,15,17-21,23-28,31-32,47-48H,3-6,13-14,16,22,29-30H2,1-2H3/t47-,48-/m0/s1. The highest BCUT2D eigenvalue weighted by Gasteiger charge is 2.31. The van der Waals surface area contributed by atoms with E-state index in [-0.39, 0.29) is 25.7 Å². The second-order valence-corrected chi connectivity index (χ2v) is 16.7. The molecule has 0 spiro atoms. The van der Waals surface area contributed by atoms with E-state index in [4.69, 9.17) is 47.4 Å². The van der Waals surface area contributed by atoms with Gasteiger partial charge in [0.1, 0.15) is 23.7 Å². The molecule has 4 aromatic carbocycles. The van der Waals surface area contributed by atoms with Gasteiger partial charge in [0.05, 0.1) is 51.8 Å². The van der Waals surface area contributed by atoms with E-state index in [1.807, 2.05) is 19.9 Å². The minimum atomic E-state index is -4.44. The summed E-state index contributed by atoms with van der Waals surface area (Å²) in [5.74, 6) is -0.561. The van der Waals surface area contributed by atoms with Gasteiger partial charge in [-0.05, 0) is 122 Å². The lowest BCUT2D eigenvalue weighted by Gasteiger charge is -2.20. The van der Waals surface area contributed by atoms with Gasteiger partial charge in [-0.2, -0.15) is 26.3 Å². The van der Waals surface area contributed by atoms with E-state index in [1.54, 1.807) is 66.7 Å². The molecule has 0 aliphatic heterocycles. The van der Waals surface area contributed by atoms with E-state index in [0.717, 1.165) is 49.9 Å². The third-order valence-electron chi connectivity index (χ3n) is 10.9. The van der Waals surface area contributed by atoms with Crippen molar-refractivity contribution in [1.82, 2.24) is 9.97 Å². The van der Waals surface area contributed by atoms with Gasteiger partial charge in [0.15, 0.2) is 0 Å². The first kappa shape index (κ1) is 50.5. The first-order valence-electron chi connectivity index (χ1n) is 21.9. The number of rotatable bonds is 20. The molecule has 0 fully saturated rings. The van der Waals surface area contributed by atoms with Crippen molar-refractivity contribution in [2.45, 2.75) is 103 Å². The maximum absolute atomic E-state index is 13.1. The van der Waals surface area contributed by atoms with Crippen LogP contribution < -0.4 is 9.47 Å². The Labute approximate surface area is 395 Å². The number of hydrogen-bond acceptors (Lipinski definition) is 7. The Morgan fingerprint density at radius 1 is 0.582 bits per heavy atom. The summed E-state index contributed by atoms with van der Waals surface area (Å²) < 4.78 is 96.5. The quantitative estimate of drug-likeness (QED) is 0.0428. The predicted octanol–water partition coefficient (Wildman–Crippen LogP) is 15.4.